The van der Waals surface area contributed by atoms with Crippen molar-refractivity contribution in [1.82, 2.24) is 4.90 Å². The molecule has 0 radical (unpaired) electrons. The van der Waals surface area contributed by atoms with Gasteiger partial charge >= 0.3 is 0 Å². The lowest BCUT2D eigenvalue weighted by molar-refractivity contribution is 0.271. The van der Waals surface area contributed by atoms with Crippen molar-refractivity contribution < 1.29 is 9.15 Å². The maximum absolute atomic E-state index is 11.5. The van der Waals surface area contributed by atoms with Gasteiger partial charge < -0.3 is 14.1 Å². The van der Waals surface area contributed by atoms with Crippen LogP contribution in [0.25, 0.3) is 0 Å². The maximum Gasteiger partial charge on any atom is 0.227 e. The van der Waals surface area contributed by atoms with E-state index in [1.807, 2.05) is 14.1 Å². The summed E-state index contributed by atoms with van der Waals surface area (Å²) in [6.45, 7) is 1.42. The van der Waals surface area contributed by atoms with Crippen molar-refractivity contribution in [2.75, 3.05) is 27.2 Å². The Balaban J connectivity index is 2.45. The van der Waals surface area contributed by atoms with E-state index in [1.165, 1.54) is 12.3 Å². The van der Waals surface area contributed by atoms with E-state index in [4.69, 9.17) is 20.8 Å². The summed E-state index contributed by atoms with van der Waals surface area (Å²) in [5.41, 5.74) is -0.188. The van der Waals surface area contributed by atoms with Gasteiger partial charge in [-0.3, -0.25) is 4.79 Å². The number of alkyl halides is 1. The van der Waals surface area contributed by atoms with Gasteiger partial charge in [-0.25, -0.2) is 0 Å². The highest BCUT2D eigenvalue weighted by Crippen LogP contribution is 2.07. The Labute approximate surface area is 99.8 Å². The molecule has 16 heavy (non-hydrogen) atoms. The summed E-state index contributed by atoms with van der Waals surface area (Å²) in [5.74, 6) is 0.885. The third-order valence-corrected chi connectivity index (χ3v) is 2.25. The van der Waals surface area contributed by atoms with Gasteiger partial charge in [-0.05, 0) is 20.5 Å². The summed E-state index contributed by atoms with van der Waals surface area (Å²) in [6.07, 6.45) is 2.18. The topological polar surface area (TPSA) is 42.7 Å². The smallest absolute Gasteiger partial charge is 0.227 e. The van der Waals surface area contributed by atoms with E-state index in [1.54, 1.807) is 0 Å². The number of halogens is 1. The molecule has 0 atom stereocenters. The Morgan fingerprint density at radius 2 is 2.25 bits per heavy atom. The van der Waals surface area contributed by atoms with Crippen molar-refractivity contribution in [2.24, 2.45) is 0 Å². The molecule has 0 saturated carbocycles. The summed E-state index contributed by atoms with van der Waals surface area (Å²) >= 11 is 5.53. The normalized spacial score (nSPS) is 10.8. The average Bonchev–Trinajstić information content (AvgIpc) is 2.25. The van der Waals surface area contributed by atoms with E-state index < -0.39 is 0 Å². The third kappa shape index (κ3) is 4.24. The van der Waals surface area contributed by atoms with Crippen LogP contribution in [0.2, 0.25) is 0 Å². The Kier molecular flexibility index (Phi) is 5.35. The highest BCUT2D eigenvalue weighted by atomic mass is 35.5. The molecule has 1 rings (SSSR count). The van der Waals surface area contributed by atoms with Gasteiger partial charge in [0.05, 0.1) is 12.5 Å². The highest BCUT2D eigenvalue weighted by molar-refractivity contribution is 6.16. The van der Waals surface area contributed by atoms with Crippen LogP contribution in [0, 0.1) is 0 Å². The minimum atomic E-state index is -0.188. The SMILES string of the molecule is CN(C)CCCOc1coc(CCl)cc1=O. The van der Waals surface area contributed by atoms with Crippen LogP contribution in [0.1, 0.15) is 12.2 Å². The quantitative estimate of drug-likeness (QED) is 0.565. The van der Waals surface area contributed by atoms with E-state index in [0.717, 1.165) is 13.0 Å². The zero-order valence-electron chi connectivity index (χ0n) is 9.53. The van der Waals surface area contributed by atoms with Crippen molar-refractivity contribution in [2.45, 2.75) is 12.3 Å². The molecule has 1 heterocycles. The van der Waals surface area contributed by atoms with E-state index >= 15 is 0 Å². The van der Waals surface area contributed by atoms with Crippen molar-refractivity contribution in [3.8, 4) is 5.75 Å². The highest BCUT2D eigenvalue weighted by Gasteiger charge is 2.03. The first-order valence-electron chi connectivity index (χ1n) is 5.08. The zero-order chi connectivity index (χ0) is 12.0. The second kappa shape index (κ2) is 6.55. The molecular weight excluding hydrogens is 230 g/mol. The fraction of sp³-hybridized carbons (Fsp3) is 0.545. The maximum atomic E-state index is 11.5. The van der Waals surface area contributed by atoms with Crippen LogP contribution in [0.4, 0.5) is 0 Å². The summed E-state index contributed by atoms with van der Waals surface area (Å²) in [7, 11) is 3.98. The number of hydrogen-bond donors (Lipinski definition) is 0. The Bertz CT molecular complexity index is 376. The lowest BCUT2D eigenvalue weighted by atomic mass is 10.4. The van der Waals surface area contributed by atoms with Crippen LogP contribution >= 0.6 is 11.6 Å². The molecule has 1 aromatic rings. The summed E-state index contributed by atoms with van der Waals surface area (Å²) in [5, 5.41) is 0. The first-order valence-corrected chi connectivity index (χ1v) is 5.62. The molecule has 1 aromatic heterocycles. The summed E-state index contributed by atoms with van der Waals surface area (Å²) < 4.78 is 10.4. The van der Waals surface area contributed by atoms with E-state index in [0.29, 0.717) is 12.4 Å². The molecule has 90 valence electrons. The van der Waals surface area contributed by atoms with Crippen LogP contribution in [-0.4, -0.2) is 32.1 Å². The number of hydrogen-bond acceptors (Lipinski definition) is 4. The number of rotatable bonds is 6. The van der Waals surface area contributed by atoms with Gasteiger partial charge in [-0.1, -0.05) is 0 Å². The minimum Gasteiger partial charge on any atom is -0.487 e. The van der Waals surface area contributed by atoms with Crippen LogP contribution in [0.15, 0.2) is 21.5 Å². The Morgan fingerprint density at radius 1 is 1.50 bits per heavy atom. The molecule has 4 nitrogen and oxygen atoms in total. The van der Waals surface area contributed by atoms with Crippen LogP contribution in [0.5, 0.6) is 5.75 Å². The van der Waals surface area contributed by atoms with Gasteiger partial charge in [0.25, 0.3) is 0 Å². The fourth-order valence-electron chi connectivity index (χ4n) is 1.18. The monoisotopic (exact) mass is 245 g/mol. The molecule has 0 aromatic carbocycles. The molecule has 0 fully saturated rings. The first-order chi connectivity index (χ1) is 7.63. The summed E-state index contributed by atoms with van der Waals surface area (Å²) in [4.78, 5) is 13.5. The van der Waals surface area contributed by atoms with E-state index in [-0.39, 0.29) is 17.1 Å². The molecule has 0 spiro atoms. The van der Waals surface area contributed by atoms with Gasteiger partial charge in [0.2, 0.25) is 11.2 Å². The van der Waals surface area contributed by atoms with Crippen molar-refractivity contribution in [3.05, 3.63) is 28.3 Å². The number of ether oxygens (including phenoxy) is 1. The van der Waals surface area contributed by atoms with E-state index in [9.17, 15) is 4.79 Å². The van der Waals surface area contributed by atoms with Gasteiger partial charge in [-0.2, -0.15) is 0 Å². The average molecular weight is 246 g/mol. The second-order valence-electron chi connectivity index (χ2n) is 3.71. The van der Waals surface area contributed by atoms with Gasteiger partial charge in [0, 0.05) is 12.6 Å². The predicted molar refractivity (Wildman–Crippen MR) is 63.2 cm³/mol. The minimum absolute atomic E-state index is 0.188. The van der Waals surface area contributed by atoms with Crippen LogP contribution in [0.3, 0.4) is 0 Å². The molecule has 0 N–H and O–H groups in total. The molecular formula is C11H16ClNO3. The van der Waals surface area contributed by atoms with E-state index in [2.05, 4.69) is 4.90 Å². The molecule has 0 unspecified atom stereocenters. The van der Waals surface area contributed by atoms with Crippen molar-refractivity contribution >= 4 is 11.6 Å². The largest absolute Gasteiger partial charge is 0.487 e. The molecule has 0 amide bonds. The predicted octanol–water partition coefficient (Wildman–Crippen LogP) is 1.71. The molecule has 5 heteroatoms. The Hall–Kier alpha value is -1.00. The lowest BCUT2D eigenvalue weighted by Gasteiger charge is -2.09. The van der Waals surface area contributed by atoms with Gasteiger partial charge in [0.1, 0.15) is 12.0 Å². The van der Waals surface area contributed by atoms with Crippen molar-refractivity contribution in [3.63, 3.8) is 0 Å². The second-order valence-corrected chi connectivity index (χ2v) is 3.98. The van der Waals surface area contributed by atoms with Crippen LogP contribution < -0.4 is 10.2 Å². The van der Waals surface area contributed by atoms with Gasteiger partial charge in [0.15, 0.2) is 0 Å². The zero-order valence-corrected chi connectivity index (χ0v) is 10.3. The molecule has 0 bridgehead atoms. The lowest BCUT2D eigenvalue weighted by Crippen LogP contribution is -2.16. The standard InChI is InChI=1S/C11H16ClNO3/c1-13(2)4-3-5-15-11-8-16-9(7-12)6-10(11)14/h6,8H,3-5,7H2,1-2H3. The van der Waals surface area contributed by atoms with Crippen LogP contribution in [-0.2, 0) is 5.88 Å². The molecule has 0 aliphatic carbocycles. The molecule has 0 aliphatic rings. The molecule has 0 saturated heterocycles. The fourth-order valence-corrected chi connectivity index (χ4v) is 1.32. The summed E-state index contributed by atoms with van der Waals surface area (Å²) in [6, 6.07) is 1.36. The third-order valence-electron chi connectivity index (χ3n) is 1.99. The Morgan fingerprint density at radius 3 is 2.81 bits per heavy atom. The van der Waals surface area contributed by atoms with Gasteiger partial charge in [-0.15, -0.1) is 11.6 Å². The molecule has 0 aliphatic heterocycles. The first kappa shape index (κ1) is 13.1. The van der Waals surface area contributed by atoms with Crippen molar-refractivity contribution in [1.29, 1.82) is 0 Å². The number of nitrogens with zero attached hydrogens (tertiary/aromatic N) is 1.